The van der Waals surface area contributed by atoms with Gasteiger partial charge in [-0.05, 0) is 78.5 Å². The van der Waals surface area contributed by atoms with Gasteiger partial charge in [-0.1, -0.05) is 30.3 Å². The molecule has 0 amide bonds. The van der Waals surface area contributed by atoms with Crippen molar-refractivity contribution in [2.24, 2.45) is 7.05 Å². The van der Waals surface area contributed by atoms with E-state index in [1.807, 2.05) is 37.3 Å². The van der Waals surface area contributed by atoms with E-state index in [0.717, 1.165) is 20.2 Å². The van der Waals surface area contributed by atoms with Gasteiger partial charge >= 0.3 is 5.76 Å². The summed E-state index contributed by atoms with van der Waals surface area (Å²) < 4.78 is 57.5. The first-order chi connectivity index (χ1) is 17.6. The predicted molar refractivity (Wildman–Crippen MR) is 144 cm³/mol. The van der Waals surface area contributed by atoms with Crippen LogP contribution in [0.2, 0.25) is 0 Å². The second kappa shape index (κ2) is 10.2. The van der Waals surface area contributed by atoms with Crippen LogP contribution in [-0.2, 0) is 33.8 Å². The molecule has 1 aromatic heterocycles. The topological polar surface area (TPSA) is 94.6 Å². The van der Waals surface area contributed by atoms with Crippen molar-refractivity contribution in [3.05, 3.63) is 85.0 Å². The van der Waals surface area contributed by atoms with E-state index in [4.69, 9.17) is 9.15 Å². The van der Waals surface area contributed by atoms with E-state index < -0.39 is 32.3 Å². The zero-order valence-electron chi connectivity index (χ0n) is 20.7. The molecule has 2 atom stereocenters. The molecule has 2 saturated heterocycles. The highest BCUT2D eigenvalue weighted by atomic mass is 127. The minimum atomic E-state index is -3.65. The number of hydrogen-bond donors (Lipinski definition) is 0. The van der Waals surface area contributed by atoms with E-state index >= 15 is 4.39 Å². The van der Waals surface area contributed by atoms with Crippen molar-refractivity contribution in [3.63, 3.8) is 0 Å². The normalized spacial score (nSPS) is 23.7. The lowest BCUT2D eigenvalue weighted by atomic mass is 9.73. The lowest BCUT2D eigenvalue weighted by Gasteiger charge is -2.38. The molecule has 0 aliphatic carbocycles. The summed E-state index contributed by atoms with van der Waals surface area (Å²) in [4.78, 5) is 12.0. The first-order valence-corrected chi connectivity index (χ1v) is 14.9. The number of aryl methyl sites for hydroxylation is 1. The van der Waals surface area contributed by atoms with E-state index in [9.17, 15) is 13.2 Å². The molecule has 0 unspecified atom stereocenters. The Bertz CT molecular complexity index is 1450. The lowest BCUT2D eigenvalue weighted by Crippen LogP contribution is -2.45. The molecule has 8 nitrogen and oxygen atoms in total. The van der Waals surface area contributed by atoms with Crippen molar-refractivity contribution < 1.29 is 22.0 Å². The van der Waals surface area contributed by atoms with Gasteiger partial charge in [-0.15, -0.1) is 5.10 Å². The van der Waals surface area contributed by atoms with Gasteiger partial charge in [-0.3, -0.25) is 0 Å². The average Bonchev–Trinajstić information content (AvgIpc) is 3.22. The third-order valence-corrected chi connectivity index (χ3v) is 11.0. The molecule has 2 aromatic carbocycles. The molecule has 5 rings (SSSR count). The van der Waals surface area contributed by atoms with Crippen LogP contribution < -0.4 is 5.76 Å². The van der Waals surface area contributed by atoms with Crippen LogP contribution in [-0.4, -0.2) is 41.8 Å². The third-order valence-electron chi connectivity index (χ3n) is 7.62. The molecule has 0 N–H and O–H groups in total. The van der Waals surface area contributed by atoms with E-state index in [1.54, 1.807) is 6.07 Å². The van der Waals surface area contributed by atoms with Crippen molar-refractivity contribution in [1.29, 1.82) is 0 Å². The third kappa shape index (κ3) is 4.79. The summed E-state index contributed by atoms with van der Waals surface area (Å²) in [5.74, 6) is -0.916. The molecule has 3 heterocycles. The number of benzene rings is 2. The molecule has 2 aliphatic heterocycles. The minimum Gasteiger partial charge on any atom is -0.391 e. The van der Waals surface area contributed by atoms with E-state index in [1.165, 1.54) is 17.4 Å². The van der Waals surface area contributed by atoms with Gasteiger partial charge in [0.15, 0.2) is 0 Å². The molecular weight excluding hydrogens is 612 g/mol. The highest BCUT2D eigenvalue weighted by molar-refractivity contribution is 14.1. The highest BCUT2D eigenvalue weighted by Gasteiger charge is 2.44. The Hall–Kier alpha value is -2.09. The van der Waals surface area contributed by atoms with Gasteiger partial charge < -0.3 is 9.15 Å². The van der Waals surface area contributed by atoms with Crippen LogP contribution in [0.25, 0.3) is 0 Å². The Morgan fingerprint density at radius 3 is 2.51 bits per heavy atom. The summed E-state index contributed by atoms with van der Waals surface area (Å²) in [6.07, 6.45) is 2.09. The smallest absolute Gasteiger partial charge is 0.391 e. The quantitative estimate of drug-likeness (QED) is 0.387. The van der Waals surface area contributed by atoms with Gasteiger partial charge in [-0.2, -0.15) is 8.99 Å². The van der Waals surface area contributed by atoms with Gasteiger partial charge in [0.25, 0.3) is 0 Å². The van der Waals surface area contributed by atoms with Crippen LogP contribution in [0.1, 0.15) is 60.4 Å². The zero-order valence-corrected chi connectivity index (χ0v) is 23.7. The largest absolute Gasteiger partial charge is 0.436 e. The first-order valence-electron chi connectivity index (χ1n) is 12.3. The maximum absolute atomic E-state index is 15.9. The Morgan fingerprint density at radius 1 is 1.16 bits per heavy atom. The molecule has 198 valence electrons. The summed E-state index contributed by atoms with van der Waals surface area (Å²) >= 11 is 2.13. The molecule has 0 radical (unpaired) electrons. The predicted octanol–water partition coefficient (Wildman–Crippen LogP) is 4.27. The Kier molecular flexibility index (Phi) is 7.33. The van der Waals surface area contributed by atoms with E-state index in [-0.39, 0.29) is 18.5 Å². The molecule has 37 heavy (non-hydrogen) atoms. The molecular formula is C26H29FIN3O5S. The fourth-order valence-corrected chi connectivity index (χ4v) is 8.28. The summed E-state index contributed by atoms with van der Waals surface area (Å²) in [5, 5.41) is 3.64. The lowest BCUT2D eigenvalue weighted by molar-refractivity contribution is 0.0528. The number of nitrogens with zero attached hydrogens (tertiary/aromatic N) is 3. The van der Waals surface area contributed by atoms with Gasteiger partial charge in [0, 0.05) is 42.0 Å². The minimum absolute atomic E-state index is 0.0804. The van der Waals surface area contributed by atoms with E-state index in [0.29, 0.717) is 43.6 Å². The van der Waals surface area contributed by atoms with Crippen molar-refractivity contribution >= 4 is 32.6 Å². The molecule has 0 spiro atoms. The summed E-state index contributed by atoms with van der Waals surface area (Å²) in [6.45, 7) is 2.73. The second-order valence-electron chi connectivity index (χ2n) is 9.83. The molecule has 2 aliphatic rings. The van der Waals surface area contributed by atoms with Crippen molar-refractivity contribution in [3.8, 4) is 0 Å². The van der Waals surface area contributed by atoms with Crippen LogP contribution in [0.15, 0.2) is 51.7 Å². The second-order valence-corrected chi connectivity index (χ2v) is 13.1. The number of ether oxygens (including phenoxy) is 1. The molecule has 2 fully saturated rings. The van der Waals surface area contributed by atoms with E-state index in [2.05, 4.69) is 27.7 Å². The van der Waals surface area contributed by atoms with Crippen LogP contribution in [0.4, 0.5) is 4.39 Å². The number of rotatable bonds is 5. The maximum atomic E-state index is 15.9. The van der Waals surface area contributed by atoms with Crippen molar-refractivity contribution in [2.75, 3.05) is 13.2 Å². The van der Waals surface area contributed by atoms with Gasteiger partial charge in [0.2, 0.25) is 15.9 Å². The fourth-order valence-electron chi connectivity index (χ4n) is 5.45. The Morgan fingerprint density at radius 2 is 1.86 bits per heavy atom. The summed E-state index contributed by atoms with van der Waals surface area (Å²) in [6, 6.07) is 12.2. The molecule has 3 aromatic rings. The SMILES string of the molecule is C[C@H]1CC[C@H](c2ccccc2)S(=O)(=O)N1Cc1cc(F)c(C2(c3nn(C)c(=O)o3)CCOCC2)cc1I. The molecule has 0 saturated carbocycles. The zero-order chi connectivity index (χ0) is 26.4. The van der Waals surface area contributed by atoms with Gasteiger partial charge in [0.05, 0.1) is 5.41 Å². The van der Waals surface area contributed by atoms with Crippen LogP contribution >= 0.6 is 22.6 Å². The number of halogens is 2. The monoisotopic (exact) mass is 641 g/mol. The van der Waals surface area contributed by atoms with Crippen LogP contribution in [0, 0.1) is 9.39 Å². The molecule has 11 heteroatoms. The average molecular weight is 642 g/mol. The Labute approximate surface area is 229 Å². The molecule has 0 bridgehead atoms. The highest BCUT2D eigenvalue weighted by Crippen LogP contribution is 2.43. The summed E-state index contributed by atoms with van der Waals surface area (Å²) in [5.41, 5.74) is 0.802. The standard InChI is InChI=1S/C26H29FIN3O5S/c1-17-8-9-23(18-6-4-3-5-7-18)37(33,34)31(17)16-19-14-21(27)20(15-22(19)28)26(10-12-35-13-11-26)24-29-30(2)25(32)36-24/h3-7,14-15,17,23H,8-13,16H2,1-2H3/t17-,23+/m0/s1. The number of hydrogen-bond acceptors (Lipinski definition) is 6. The first kappa shape index (κ1) is 26.5. The number of sulfonamides is 1. The van der Waals surface area contributed by atoms with Gasteiger partial charge in [-0.25, -0.2) is 17.6 Å². The van der Waals surface area contributed by atoms with Crippen molar-refractivity contribution in [2.45, 2.75) is 55.9 Å². The van der Waals surface area contributed by atoms with Crippen LogP contribution in [0.3, 0.4) is 0 Å². The number of aromatic nitrogens is 2. The summed E-state index contributed by atoms with van der Waals surface area (Å²) in [7, 11) is -2.16. The van der Waals surface area contributed by atoms with Gasteiger partial charge in [0.1, 0.15) is 11.1 Å². The van der Waals surface area contributed by atoms with Crippen molar-refractivity contribution in [1.82, 2.24) is 14.1 Å². The Balaban J connectivity index is 1.51. The fraction of sp³-hybridized carbons (Fsp3) is 0.462. The maximum Gasteiger partial charge on any atom is 0.436 e. The van der Waals surface area contributed by atoms with Crippen LogP contribution in [0.5, 0.6) is 0 Å².